The molecule has 0 aromatic rings. The second-order valence-electron chi connectivity index (χ2n) is 4.19. The number of esters is 2. The molecule has 1 saturated heterocycles. The summed E-state index contributed by atoms with van der Waals surface area (Å²) in [7, 11) is 1.32. The van der Waals surface area contributed by atoms with E-state index in [0.29, 0.717) is 26.3 Å². The van der Waals surface area contributed by atoms with Crippen molar-refractivity contribution in [1.29, 1.82) is 0 Å². The molecule has 0 aromatic carbocycles. The summed E-state index contributed by atoms with van der Waals surface area (Å²) in [6.07, 6.45) is 1.27. The summed E-state index contributed by atoms with van der Waals surface area (Å²) < 4.78 is 15.0. The summed E-state index contributed by atoms with van der Waals surface area (Å²) in [5, 5.41) is 0. The van der Waals surface area contributed by atoms with E-state index in [-0.39, 0.29) is 12.5 Å². The maximum absolute atomic E-state index is 11.5. The van der Waals surface area contributed by atoms with Crippen molar-refractivity contribution in [2.24, 2.45) is 0 Å². The zero-order valence-electron chi connectivity index (χ0n) is 11.0. The van der Waals surface area contributed by atoms with Gasteiger partial charge in [-0.3, -0.25) is 9.69 Å². The lowest BCUT2D eigenvalue weighted by molar-refractivity contribution is -0.162. The first-order valence-electron chi connectivity index (χ1n) is 6.24. The number of methoxy groups -OCH3 is 1. The fourth-order valence-corrected chi connectivity index (χ4v) is 1.68. The molecule has 0 amide bonds. The van der Waals surface area contributed by atoms with E-state index < -0.39 is 12.1 Å². The van der Waals surface area contributed by atoms with Crippen molar-refractivity contribution in [3.63, 3.8) is 0 Å². The molecule has 0 spiro atoms. The molecule has 0 bridgehead atoms. The van der Waals surface area contributed by atoms with Crippen LogP contribution in [-0.2, 0) is 23.8 Å². The second-order valence-corrected chi connectivity index (χ2v) is 4.19. The van der Waals surface area contributed by atoms with E-state index in [9.17, 15) is 9.59 Å². The van der Waals surface area contributed by atoms with Gasteiger partial charge in [-0.15, -0.1) is 0 Å². The van der Waals surface area contributed by atoms with Crippen LogP contribution in [0.25, 0.3) is 0 Å². The van der Waals surface area contributed by atoms with Crippen LogP contribution in [-0.4, -0.2) is 62.9 Å². The number of morpholine rings is 1. The Bertz CT molecular complexity index is 282. The van der Waals surface area contributed by atoms with Gasteiger partial charge in [0.15, 0.2) is 6.10 Å². The van der Waals surface area contributed by atoms with Crippen LogP contribution in [0.3, 0.4) is 0 Å². The first-order chi connectivity index (χ1) is 8.67. The molecule has 0 aliphatic carbocycles. The fourth-order valence-electron chi connectivity index (χ4n) is 1.68. The summed E-state index contributed by atoms with van der Waals surface area (Å²) in [5.41, 5.74) is 0. The average Bonchev–Trinajstić information content (AvgIpc) is 2.38. The van der Waals surface area contributed by atoms with Crippen molar-refractivity contribution >= 4 is 11.9 Å². The highest BCUT2D eigenvalue weighted by Gasteiger charge is 2.28. The molecule has 1 atom stereocenters. The Morgan fingerprint density at radius 3 is 2.89 bits per heavy atom. The molecule has 18 heavy (non-hydrogen) atoms. The normalized spacial score (nSPS) is 20.4. The molecule has 0 radical (unpaired) electrons. The number of unbranched alkanes of at least 4 members (excludes halogenated alkanes) is 1. The van der Waals surface area contributed by atoms with Gasteiger partial charge in [-0.2, -0.15) is 0 Å². The number of carbonyl (C=O) groups excluding carboxylic acids is 2. The molecule has 1 heterocycles. The van der Waals surface area contributed by atoms with Gasteiger partial charge >= 0.3 is 11.9 Å². The Balaban J connectivity index is 2.29. The van der Waals surface area contributed by atoms with E-state index in [4.69, 9.17) is 9.47 Å². The number of carbonyl (C=O) groups is 2. The lowest BCUT2D eigenvalue weighted by atomic mass is 10.2. The van der Waals surface area contributed by atoms with Crippen molar-refractivity contribution in [2.75, 3.05) is 40.0 Å². The van der Waals surface area contributed by atoms with Crippen molar-refractivity contribution in [3.8, 4) is 0 Å². The van der Waals surface area contributed by atoms with Crippen molar-refractivity contribution in [2.45, 2.75) is 25.9 Å². The first kappa shape index (κ1) is 14.9. The third-order valence-corrected chi connectivity index (χ3v) is 2.73. The molecule has 1 rings (SSSR count). The number of ether oxygens (including phenoxy) is 3. The standard InChI is InChI=1S/C12H21NO5/c1-3-4-6-18-11(14)9-13-5-7-17-10(8-13)12(15)16-2/h10H,3-9H2,1-2H3. The van der Waals surface area contributed by atoms with Crippen LogP contribution in [0, 0.1) is 0 Å². The number of rotatable bonds is 6. The molecule has 6 heteroatoms. The van der Waals surface area contributed by atoms with Gasteiger partial charge in [0.25, 0.3) is 0 Å². The molecule has 1 unspecified atom stereocenters. The van der Waals surface area contributed by atoms with E-state index in [1.807, 2.05) is 11.8 Å². The van der Waals surface area contributed by atoms with Crippen molar-refractivity contribution in [1.82, 2.24) is 4.90 Å². The number of hydrogen-bond acceptors (Lipinski definition) is 6. The van der Waals surface area contributed by atoms with E-state index in [1.165, 1.54) is 7.11 Å². The minimum Gasteiger partial charge on any atom is -0.467 e. The van der Waals surface area contributed by atoms with Gasteiger partial charge < -0.3 is 14.2 Å². The van der Waals surface area contributed by atoms with Crippen LogP contribution < -0.4 is 0 Å². The number of hydrogen-bond donors (Lipinski definition) is 0. The zero-order chi connectivity index (χ0) is 13.4. The van der Waals surface area contributed by atoms with Gasteiger partial charge in [0.05, 0.1) is 26.9 Å². The summed E-state index contributed by atoms with van der Waals surface area (Å²) in [6.45, 7) is 4.10. The lowest BCUT2D eigenvalue weighted by Crippen LogP contribution is -2.48. The van der Waals surface area contributed by atoms with Gasteiger partial charge in [-0.05, 0) is 6.42 Å². The Labute approximate surface area is 107 Å². The quantitative estimate of drug-likeness (QED) is 0.501. The zero-order valence-corrected chi connectivity index (χ0v) is 11.0. The van der Waals surface area contributed by atoms with E-state index in [1.54, 1.807) is 0 Å². The molecule has 0 N–H and O–H groups in total. The third kappa shape index (κ3) is 5.01. The molecule has 104 valence electrons. The monoisotopic (exact) mass is 259 g/mol. The maximum Gasteiger partial charge on any atom is 0.336 e. The van der Waals surface area contributed by atoms with Gasteiger partial charge in [-0.25, -0.2) is 4.79 Å². The minimum absolute atomic E-state index is 0.195. The topological polar surface area (TPSA) is 65.1 Å². The highest BCUT2D eigenvalue weighted by molar-refractivity contribution is 5.75. The fraction of sp³-hybridized carbons (Fsp3) is 0.833. The van der Waals surface area contributed by atoms with Crippen LogP contribution in [0.2, 0.25) is 0 Å². The smallest absolute Gasteiger partial charge is 0.336 e. The average molecular weight is 259 g/mol. The predicted molar refractivity (Wildman–Crippen MR) is 64.1 cm³/mol. The molecule has 1 aliphatic rings. The predicted octanol–water partition coefficient (Wildman–Crippen LogP) is 0.204. The van der Waals surface area contributed by atoms with Crippen molar-refractivity contribution < 1.29 is 23.8 Å². The van der Waals surface area contributed by atoms with Gasteiger partial charge in [0, 0.05) is 13.1 Å². The van der Waals surface area contributed by atoms with Gasteiger partial charge in [-0.1, -0.05) is 13.3 Å². The van der Waals surface area contributed by atoms with Crippen LogP contribution >= 0.6 is 0 Å². The summed E-state index contributed by atoms with van der Waals surface area (Å²) in [4.78, 5) is 24.7. The van der Waals surface area contributed by atoms with Crippen LogP contribution in [0.5, 0.6) is 0 Å². The summed E-state index contributed by atoms with van der Waals surface area (Å²) in [6, 6.07) is 0. The molecule has 1 aliphatic heterocycles. The molecular formula is C12H21NO5. The Morgan fingerprint density at radius 2 is 2.22 bits per heavy atom. The summed E-state index contributed by atoms with van der Waals surface area (Å²) in [5.74, 6) is -0.659. The van der Waals surface area contributed by atoms with Gasteiger partial charge in [0.1, 0.15) is 0 Å². The minimum atomic E-state index is -0.604. The summed E-state index contributed by atoms with van der Waals surface area (Å²) >= 11 is 0. The first-order valence-corrected chi connectivity index (χ1v) is 6.24. The number of nitrogens with zero attached hydrogens (tertiary/aromatic N) is 1. The largest absolute Gasteiger partial charge is 0.467 e. The Morgan fingerprint density at radius 1 is 1.44 bits per heavy atom. The van der Waals surface area contributed by atoms with Crippen LogP contribution in [0.15, 0.2) is 0 Å². The van der Waals surface area contributed by atoms with Crippen LogP contribution in [0.4, 0.5) is 0 Å². The molecular weight excluding hydrogens is 238 g/mol. The highest BCUT2D eigenvalue weighted by Crippen LogP contribution is 2.06. The lowest BCUT2D eigenvalue weighted by Gasteiger charge is -2.30. The SMILES string of the molecule is CCCCOC(=O)CN1CCOC(C(=O)OC)C1. The van der Waals surface area contributed by atoms with E-state index >= 15 is 0 Å². The Kier molecular flexibility index (Phi) is 6.67. The molecule has 1 fully saturated rings. The van der Waals surface area contributed by atoms with E-state index in [2.05, 4.69) is 4.74 Å². The van der Waals surface area contributed by atoms with Crippen molar-refractivity contribution in [3.05, 3.63) is 0 Å². The highest BCUT2D eigenvalue weighted by atomic mass is 16.6. The Hall–Kier alpha value is -1.14. The van der Waals surface area contributed by atoms with E-state index in [0.717, 1.165) is 12.8 Å². The van der Waals surface area contributed by atoms with Gasteiger partial charge in [0.2, 0.25) is 0 Å². The maximum atomic E-state index is 11.5. The molecule has 0 aromatic heterocycles. The third-order valence-electron chi connectivity index (χ3n) is 2.73. The van der Waals surface area contributed by atoms with Crippen LogP contribution in [0.1, 0.15) is 19.8 Å². The molecule has 0 saturated carbocycles. The molecule has 6 nitrogen and oxygen atoms in total. The second kappa shape index (κ2) is 8.05.